The van der Waals surface area contributed by atoms with Gasteiger partial charge >= 0.3 is 6.09 Å². The van der Waals surface area contributed by atoms with Gasteiger partial charge < -0.3 is 20.3 Å². The summed E-state index contributed by atoms with van der Waals surface area (Å²) in [5.41, 5.74) is 1.07. The molecule has 1 fully saturated rings. The van der Waals surface area contributed by atoms with Crippen LogP contribution < -0.4 is 10.6 Å². The van der Waals surface area contributed by atoms with Crippen molar-refractivity contribution < 1.29 is 9.53 Å². The second kappa shape index (κ2) is 10.6. The number of nitrogens with zero attached hydrogens (tertiary/aromatic N) is 4. The Morgan fingerprint density at radius 2 is 2.06 bits per heavy atom. The molecule has 2 aromatic heterocycles. The number of amides is 1. The first-order chi connectivity index (χ1) is 16.8. The number of pyridine rings is 2. The lowest BCUT2D eigenvalue weighted by Crippen LogP contribution is -2.47. The topological polar surface area (TPSA) is 103 Å². The minimum atomic E-state index is -0.517. The number of hydrogen-bond acceptors (Lipinski definition) is 7. The van der Waals surface area contributed by atoms with Gasteiger partial charge in [0, 0.05) is 42.6 Å². The fourth-order valence-electron chi connectivity index (χ4n) is 4.18. The molecule has 0 radical (unpaired) electrons. The van der Waals surface area contributed by atoms with Gasteiger partial charge in [0.1, 0.15) is 29.0 Å². The van der Waals surface area contributed by atoms with Crippen LogP contribution in [0.5, 0.6) is 0 Å². The van der Waals surface area contributed by atoms with Crippen LogP contribution in [-0.2, 0) is 11.2 Å². The van der Waals surface area contributed by atoms with Crippen molar-refractivity contribution in [3.63, 3.8) is 0 Å². The SMILES string of the molecule is CC(C)(C)OC(=O)N1CCCC(Nc2cc3c(NCCc4ccccc4)nc(C#N)cc3cn2)C1. The molecular formula is C27H32N6O2. The smallest absolute Gasteiger partial charge is 0.410 e. The maximum absolute atomic E-state index is 12.5. The molecule has 3 aromatic rings. The van der Waals surface area contributed by atoms with E-state index < -0.39 is 5.60 Å². The number of fused-ring (bicyclic) bond motifs is 1. The fourth-order valence-corrected chi connectivity index (χ4v) is 4.18. The van der Waals surface area contributed by atoms with Crippen molar-refractivity contribution in [2.45, 2.75) is 51.7 Å². The van der Waals surface area contributed by atoms with Gasteiger partial charge in [-0.05, 0) is 57.7 Å². The summed E-state index contributed by atoms with van der Waals surface area (Å²) in [6.45, 7) is 7.57. The van der Waals surface area contributed by atoms with Crippen LogP contribution in [0.1, 0.15) is 44.9 Å². The molecule has 182 valence electrons. The molecule has 4 rings (SSSR count). The van der Waals surface area contributed by atoms with E-state index in [1.807, 2.05) is 45.0 Å². The van der Waals surface area contributed by atoms with Crippen LogP contribution in [-0.4, -0.2) is 52.2 Å². The predicted octanol–water partition coefficient (Wildman–Crippen LogP) is 4.97. The monoisotopic (exact) mass is 472 g/mol. The molecule has 1 unspecified atom stereocenters. The van der Waals surface area contributed by atoms with Crippen molar-refractivity contribution in [3.8, 4) is 6.07 Å². The normalized spacial score (nSPS) is 15.9. The van der Waals surface area contributed by atoms with E-state index in [1.54, 1.807) is 17.2 Å². The fraction of sp³-hybridized carbons (Fsp3) is 0.407. The number of aromatic nitrogens is 2. The number of carbonyl (C=O) groups excluding carboxylic acids is 1. The number of nitriles is 1. The summed E-state index contributed by atoms with van der Waals surface area (Å²) < 4.78 is 5.54. The Bertz CT molecular complexity index is 1220. The van der Waals surface area contributed by atoms with Gasteiger partial charge in [-0.3, -0.25) is 0 Å². The summed E-state index contributed by atoms with van der Waals surface area (Å²) in [4.78, 5) is 23.3. The lowest BCUT2D eigenvalue weighted by atomic mass is 10.1. The van der Waals surface area contributed by atoms with Gasteiger partial charge in [-0.1, -0.05) is 30.3 Å². The molecular weight excluding hydrogens is 440 g/mol. The van der Waals surface area contributed by atoms with Crippen LogP contribution in [0.25, 0.3) is 10.8 Å². The number of carbonyl (C=O) groups is 1. The quantitative estimate of drug-likeness (QED) is 0.522. The first kappa shape index (κ1) is 24.3. The lowest BCUT2D eigenvalue weighted by molar-refractivity contribution is 0.0206. The summed E-state index contributed by atoms with van der Waals surface area (Å²) >= 11 is 0. The van der Waals surface area contributed by atoms with E-state index in [0.29, 0.717) is 37.0 Å². The molecule has 1 aromatic carbocycles. The largest absolute Gasteiger partial charge is 0.444 e. The second-order valence-corrected chi connectivity index (χ2v) is 9.83. The van der Waals surface area contributed by atoms with Gasteiger partial charge in [0.2, 0.25) is 0 Å². The van der Waals surface area contributed by atoms with Crippen LogP contribution in [0, 0.1) is 11.3 Å². The zero-order valence-corrected chi connectivity index (χ0v) is 20.5. The van der Waals surface area contributed by atoms with Crippen LogP contribution >= 0.6 is 0 Å². The Labute approximate surface area is 206 Å². The Morgan fingerprint density at radius 1 is 1.26 bits per heavy atom. The number of nitrogens with one attached hydrogen (secondary N) is 2. The molecule has 0 bridgehead atoms. The van der Waals surface area contributed by atoms with E-state index in [2.05, 4.69) is 38.8 Å². The number of likely N-dealkylation sites (tertiary alicyclic amines) is 1. The first-order valence-corrected chi connectivity index (χ1v) is 12.0. The Kier molecular flexibility index (Phi) is 7.35. The molecule has 3 heterocycles. The van der Waals surface area contributed by atoms with Crippen molar-refractivity contribution in [3.05, 3.63) is 59.9 Å². The Morgan fingerprint density at radius 3 is 2.80 bits per heavy atom. The maximum Gasteiger partial charge on any atom is 0.410 e. The third-order valence-corrected chi connectivity index (χ3v) is 5.80. The highest BCUT2D eigenvalue weighted by Crippen LogP contribution is 2.26. The molecule has 8 heteroatoms. The number of hydrogen-bond donors (Lipinski definition) is 2. The van der Waals surface area contributed by atoms with Crippen LogP contribution in [0.3, 0.4) is 0 Å². The number of anilines is 2. The van der Waals surface area contributed by atoms with Crippen molar-refractivity contribution in [1.29, 1.82) is 5.26 Å². The zero-order chi connectivity index (χ0) is 24.8. The summed E-state index contributed by atoms with van der Waals surface area (Å²) in [7, 11) is 0. The molecule has 1 aliphatic rings. The molecule has 1 saturated heterocycles. The predicted molar refractivity (Wildman–Crippen MR) is 137 cm³/mol. The average molecular weight is 473 g/mol. The van der Waals surface area contributed by atoms with Gasteiger partial charge in [0.25, 0.3) is 0 Å². The van der Waals surface area contributed by atoms with Crippen molar-refractivity contribution in [1.82, 2.24) is 14.9 Å². The number of rotatable bonds is 6. The summed E-state index contributed by atoms with van der Waals surface area (Å²) in [5.74, 6) is 1.38. The van der Waals surface area contributed by atoms with E-state index in [1.165, 1.54) is 5.56 Å². The number of benzene rings is 1. The van der Waals surface area contributed by atoms with Crippen molar-refractivity contribution in [2.24, 2.45) is 0 Å². The molecule has 1 amide bonds. The average Bonchev–Trinajstić information content (AvgIpc) is 2.84. The van der Waals surface area contributed by atoms with E-state index in [9.17, 15) is 10.1 Å². The van der Waals surface area contributed by atoms with E-state index in [4.69, 9.17) is 4.74 Å². The lowest BCUT2D eigenvalue weighted by Gasteiger charge is -2.34. The molecule has 2 N–H and O–H groups in total. The van der Waals surface area contributed by atoms with Gasteiger partial charge in [-0.15, -0.1) is 0 Å². The van der Waals surface area contributed by atoms with Gasteiger partial charge in [0.15, 0.2) is 0 Å². The van der Waals surface area contributed by atoms with Crippen LogP contribution in [0.15, 0.2) is 48.7 Å². The van der Waals surface area contributed by atoms with E-state index in [0.717, 1.165) is 30.0 Å². The summed E-state index contributed by atoms with van der Waals surface area (Å²) in [5, 5.41) is 18.0. The second-order valence-electron chi connectivity index (χ2n) is 9.83. The highest BCUT2D eigenvalue weighted by Gasteiger charge is 2.27. The van der Waals surface area contributed by atoms with Crippen LogP contribution in [0.2, 0.25) is 0 Å². The van der Waals surface area contributed by atoms with E-state index in [-0.39, 0.29) is 12.1 Å². The Balaban J connectivity index is 1.48. The molecule has 0 saturated carbocycles. The standard InChI is InChI=1S/C27H32N6O2/c1-27(2,3)35-26(34)33-13-7-10-21(18-33)31-24-15-23-20(17-30-24)14-22(16-28)32-25(23)29-12-11-19-8-5-4-6-9-19/h4-6,8-9,14-15,17,21H,7,10-13,18H2,1-3H3,(H,29,32)(H,30,31). The first-order valence-electron chi connectivity index (χ1n) is 12.0. The third-order valence-electron chi connectivity index (χ3n) is 5.80. The highest BCUT2D eigenvalue weighted by molar-refractivity contribution is 5.93. The summed E-state index contributed by atoms with van der Waals surface area (Å²) in [6.07, 6.45) is 4.15. The molecule has 1 aliphatic heterocycles. The number of ether oxygens (including phenoxy) is 1. The van der Waals surface area contributed by atoms with Crippen molar-refractivity contribution >= 4 is 28.5 Å². The minimum Gasteiger partial charge on any atom is -0.444 e. The minimum absolute atomic E-state index is 0.0713. The van der Waals surface area contributed by atoms with Gasteiger partial charge in [0.05, 0.1) is 0 Å². The van der Waals surface area contributed by atoms with Crippen LogP contribution in [0.4, 0.5) is 16.4 Å². The maximum atomic E-state index is 12.5. The number of piperidine rings is 1. The molecule has 8 nitrogen and oxygen atoms in total. The molecule has 0 aliphatic carbocycles. The molecule has 0 spiro atoms. The molecule has 1 atom stereocenters. The Hall–Kier alpha value is -3.86. The highest BCUT2D eigenvalue weighted by atomic mass is 16.6. The zero-order valence-electron chi connectivity index (χ0n) is 20.5. The molecule has 35 heavy (non-hydrogen) atoms. The summed E-state index contributed by atoms with van der Waals surface area (Å²) in [6, 6.07) is 16.2. The van der Waals surface area contributed by atoms with E-state index >= 15 is 0 Å². The van der Waals surface area contributed by atoms with Gasteiger partial charge in [-0.2, -0.15) is 5.26 Å². The third kappa shape index (κ3) is 6.60. The van der Waals surface area contributed by atoms with Gasteiger partial charge in [-0.25, -0.2) is 14.8 Å². The van der Waals surface area contributed by atoms with Crippen molar-refractivity contribution in [2.75, 3.05) is 30.3 Å².